The maximum atomic E-state index is 12.6. The molecule has 0 radical (unpaired) electrons. The molecular formula is C17H24N2O3S. The van der Waals surface area contributed by atoms with Crippen LogP contribution in [0.1, 0.15) is 42.0 Å². The second-order valence-electron chi connectivity index (χ2n) is 6.59. The first-order valence-corrected chi connectivity index (χ1v) is 9.84. The number of rotatable bonds is 3. The molecule has 1 aromatic rings. The molecule has 23 heavy (non-hydrogen) atoms. The maximum Gasteiger partial charge on any atom is 0.238 e. The van der Waals surface area contributed by atoms with Crippen LogP contribution >= 0.6 is 0 Å². The molecule has 0 bridgehead atoms. The van der Waals surface area contributed by atoms with Crippen molar-refractivity contribution in [3.8, 4) is 0 Å². The van der Waals surface area contributed by atoms with Gasteiger partial charge >= 0.3 is 0 Å². The van der Waals surface area contributed by atoms with Gasteiger partial charge in [-0.15, -0.1) is 0 Å². The van der Waals surface area contributed by atoms with Gasteiger partial charge in [-0.05, 0) is 49.8 Å². The van der Waals surface area contributed by atoms with Crippen LogP contribution in [0.2, 0.25) is 0 Å². The van der Waals surface area contributed by atoms with Gasteiger partial charge < -0.3 is 4.90 Å². The van der Waals surface area contributed by atoms with E-state index in [1.54, 1.807) is 0 Å². The molecule has 2 aliphatic rings. The van der Waals surface area contributed by atoms with E-state index in [1.165, 1.54) is 15.4 Å². The Labute approximate surface area is 138 Å². The fourth-order valence-electron chi connectivity index (χ4n) is 3.49. The Morgan fingerprint density at radius 1 is 1.17 bits per heavy atom. The van der Waals surface area contributed by atoms with Crippen molar-refractivity contribution in [2.24, 2.45) is 0 Å². The number of likely N-dealkylation sites (tertiary alicyclic amines) is 1. The third-order valence-electron chi connectivity index (χ3n) is 5.00. The summed E-state index contributed by atoms with van der Waals surface area (Å²) in [6.45, 7) is 5.33. The summed E-state index contributed by atoms with van der Waals surface area (Å²) in [6, 6.07) is 6.41. The Bertz CT molecular complexity index is 715. The Balaban J connectivity index is 1.76. The van der Waals surface area contributed by atoms with Gasteiger partial charge in [0.15, 0.2) is 0 Å². The van der Waals surface area contributed by atoms with E-state index in [1.807, 2.05) is 4.90 Å². The first-order valence-electron chi connectivity index (χ1n) is 8.23. The van der Waals surface area contributed by atoms with Crippen molar-refractivity contribution >= 4 is 15.9 Å². The molecule has 0 N–H and O–H groups in total. The fourth-order valence-corrected chi connectivity index (χ4v) is 4.96. The molecule has 1 aromatic carbocycles. The number of hydrogen-bond acceptors (Lipinski definition) is 3. The van der Waals surface area contributed by atoms with Crippen LogP contribution in [-0.4, -0.2) is 48.9 Å². The predicted octanol–water partition coefficient (Wildman–Crippen LogP) is 2.00. The molecule has 1 unspecified atom stereocenters. The lowest BCUT2D eigenvalue weighted by molar-refractivity contribution is -0.132. The number of carbonyl (C=O) groups excluding carboxylic acids is 1. The lowest BCUT2D eigenvalue weighted by Crippen LogP contribution is -2.40. The number of benzene rings is 1. The number of nitrogens with zero attached hydrogens (tertiary/aromatic N) is 2. The van der Waals surface area contributed by atoms with Crippen molar-refractivity contribution in [1.29, 1.82) is 0 Å². The lowest BCUT2D eigenvalue weighted by Gasteiger charge is -2.27. The van der Waals surface area contributed by atoms with Crippen molar-refractivity contribution in [2.45, 2.75) is 39.2 Å². The van der Waals surface area contributed by atoms with E-state index in [4.69, 9.17) is 0 Å². The van der Waals surface area contributed by atoms with Crippen LogP contribution in [0.25, 0.3) is 0 Å². The molecule has 0 spiro atoms. The Morgan fingerprint density at radius 2 is 1.96 bits per heavy atom. The first-order chi connectivity index (χ1) is 10.9. The second kappa shape index (κ2) is 6.24. The lowest BCUT2D eigenvalue weighted by atomic mass is 9.99. The predicted molar refractivity (Wildman–Crippen MR) is 89.6 cm³/mol. The maximum absolute atomic E-state index is 12.6. The summed E-state index contributed by atoms with van der Waals surface area (Å²) >= 11 is 0. The molecule has 0 saturated carbocycles. The monoisotopic (exact) mass is 336 g/mol. The largest absolute Gasteiger partial charge is 0.335 e. The summed E-state index contributed by atoms with van der Waals surface area (Å²) in [5.74, 6) is 0.0946. The summed E-state index contributed by atoms with van der Waals surface area (Å²) in [5.41, 5.74) is 3.62. The molecule has 2 fully saturated rings. The van der Waals surface area contributed by atoms with Gasteiger partial charge in [0.25, 0.3) is 0 Å². The molecule has 126 valence electrons. The summed E-state index contributed by atoms with van der Waals surface area (Å²) in [4.78, 5) is 14.5. The highest BCUT2D eigenvalue weighted by Gasteiger charge is 2.35. The van der Waals surface area contributed by atoms with E-state index in [-0.39, 0.29) is 24.2 Å². The third-order valence-corrected chi connectivity index (χ3v) is 6.91. The van der Waals surface area contributed by atoms with E-state index >= 15 is 0 Å². The molecule has 1 amide bonds. The zero-order chi connectivity index (χ0) is 16.6. The van der Waals surface area contributed by atoms with E-state index in [9.17, 15) is 13.2 Å². The molecule has 2 heterocycles. The van der Waals surface area contributed by atoms with Crippen LogP contribution in [0.4, 0.5) is 0 Å². The molecule has 5 nitrogen and oxygen atoms in total. The van der Waals surface area contributed by atoms with Crippen LogP contribution in [0.15, 0.2) is 18.2 Å². The van der Waals surface area contributed by atoms with Gasteiger partial charge in [0.2, 0.25) is 15.9 Å². The number of amides is 1. The zero-order valence-corrected chi connectivity index (χ0v) is 14.6. The quantitative estimate of drug-likeness (QED) is 0.848. The molecule has 2 aliphatic heterocycles. The minimum absolute atomic E-state index is 0.0102. The van der Waals surface area contributed by atoms with Gasteiger partial charge in [-0.1, -0.05) is 18.2 Å². The molecule has 1 atom stereocenters. The zero-order valence-electron chi connectivity index (χ0n) is 13.8. The minimum Gasteiger partial charge on any atom is -0.335 e. The van der Waals surface area contributed by atoms with Gasteiger partial charge in [-0.2, -0.15) is 4.31 Å². The molecule has 6 heteroatoms. The average Bonchev–Trinajstić information content (AvgIpc) is 3.09. The highest BCUT2D eigenvalue weighted by atomic mass is 32.2. The Kier molecular flexibility index (Phi) is 4.47. The van der Waals surface area contributed by atoms with Crippen molar-refractivity contribution in [3.63, 3.8) is 0 Å². The van der Waals surface area contributed by atoms with Gasteiger partial charge in [0, 0.05) is 13.1 Å². The topological polar surface area (TPSA) is 57.7 Å². The summed E-state index contributed by atoms with van der Waals surface area (Å²) in [7, 11) is -3.22. The van der Waals surface area contributed by atoms with E-state index in [2.05, 4.69) is 32.0 Å². The molecule has 2 saturated heterocycles. The normalized spacial score (nSPS) is 24.3. The smallest absolute Gasteiger partial charge is 0.238 e. The van der Waals surface area contributed by atoms with Crippen molar-refractivity contribution in [3.05, 3.63) is 34.9 Å². The number of carbonyl (C=O) groups is 1. The van der Waals surface area contributed by atoms with Crippen LogP contribution in [0, 0.1) is 13.8 Å². The Hall–Kier alpha value is -1.40. The van der Waals surface area contributed by atoms with Crippen LogP contribution in [0.5, 0.6) is 0 Å². The van der Waals surface area contributed by atoms with Crippen molar-refractivity contribution in [1.82, 2.24) is 9.21 Å². The summed E-state index contributed by atoms with van der Waals surface area (Å²) < 4.78 is 25.1. The van der Waals surface area contributed by atoms with Crippen LogP contribution in [-0.2, 0) is 14.8 Å². The molecule has 0 aromatic heterocycles. The van der Waals surface area contributed by atoms with Gasteiger partial charge in [0.1, 0.15) is 0 Å². The summed E-state index contributed by atoms with van der Waals surface area (Å²) in [6.07, 6.45) is 2.53. The van der Waals surface area contributed by atoms with Gasteiger partial charge in [-0.25, -0.2) is 8.42 Å². The van der Waals surface area contributed by atoms with Crippen molar-refractivity contribution in [2.75, 3.05) is 25.4 Å². The number of sulfonamides is 1. The van der Waals surface area contributed by atoms with Gasteiger partial charge in [-0.3, -0.25) is 4.79 Å². The Morgan fingerprint density at radius 3 is 2.61 bits per heavy atom. The summed E-state index contributed by atoms with van der Waals surface area (Å²) in [5, 5.41) is 0. The van der Waals surface area contributed by atoms with E-state index in [0.717, 1.165) is 18.4 Å². The molecular weight excluding hydrogens is 312 g/mol. The number of hydrogen-bond donors (Lipinski definition) is 0. The van der Waals surface area contributed by atoms with Gasteiger partial charge in [0.05, 0.1) is 18.3 Å². The standard InChI is InChI=1S/C17H24N2O3S/c1-13-6-7-15(11-14(13)2)16-5-3-9-19(16)17(20)12-18-8-4-10-23(18,21)22/h6-7,11,16H,3-5,8-10,12H2,1-2H3. The third kappa shape index (κ3) is 3.28. The highest BCUT2D eigenvalue weighted by molar-refractivity contribution is 7.89. The minimum atomic E-state index is -3.22. The SMILES string of the molecule is Cc1ccc(C2CCCN2C(=O)CN2CCCS2(=O)=O)cc1C. The second-order valence-corrected chi connectivity index (χ2v) is 8.68. The van der Waals surface area contributed by atoms with E-state index in [0.29, 0.717) is 19.5 Å². The van der Waals surface area contributed by atoms with Crippen LogP contribution < -0.4 is 0 Å². The molecule has 0 aliphatic carbocycles. The average molecular weight is 336 g/mol. The number of aryl methyl sites for hydroxylation is 2. The van der Waals surface area contributed by atoms with Crippen LogP contribution in [0.3, 0.4) is 0 Å². The fraction of sp³-hybridized carbons (Fsp3) is 0.588. The first kappa shape index (κ1) is 16.5. The molecule has 3 rings (SSSR count). The highest BCUT2D eigenvalue weighted by Crippen LogP contribution is 2.33. The van der Waals surface area contributed by atoms with Crippen molar-refractivity contribution < 1.29 is 13.2 Å². The van der Waals surface area contributed by atoms with E-state index < -0.39 is 10.0 Å².